The van der Waals surface area contributed by atoms with Gasteiger partial charge in [0, 0.05) is 42.9 Å². The third-order valence-electron chi connectivity index (χ3n) is 3.62. The minimum absolute atomic E-state index is 0.249. The average Bonchev–Trinajstić information content (AvgIpc) is 2.38. The molecule has 0 radical (unpaired) electrons. The van der Waals surface area contributed by atoms with Crippen molar-refractivity contribution in [3.05, 3.63) is 22.6 Å². The van der Waals surface area contributed by atoms with Crippen LogP contribution >= 0.6 is 15.9 Å². The number of hydrogen-bond donors (Lipinski definition) is 0. The lowest BCUT2D eigenvalue weighted by Gasteiger charge is -2.38. The molecule has 1 atom stereocenters. The summed E-state index contributed by atoms with van der Waals surface area (Å²) < 4.78 is 14.5. The fraction of sp³-hybridized carbons (Fsp3) is 0.615. The van der Waals surface area contributed by atoms with E-state index in [1.165, 1.54) is 6.07 Å². The lowest BCUT2D eigenvalue weighted by molar-refractivity contribution is 0.192. The molecule has 1 saturated heterocycles. The Morgan fingerprint density at radius 2 is 2.06 bits per heavy atom. The molecular formula is C13H19BrFN3. The first-order chi connectivity index (χ1) is 8.61. The molecule has 1 fully saturated rings. The van der Waals surface area contributed by atoms with Crippen LogP contribution in [-0.2, 0) is 0 Å². The van der Waals surface area contributed by atoms with Crippen molar-refractivity contribution >= 4 is 21.7 Å². The topological polar surface area (TPSA) is 19.4 Å². The molecule has 1 aromatic heterocycles. The van der Waals surface area contributed by atoms with Gasteiger partial charge in [0.1, 0.15) is 0 Å². The van der Waals surface area contributed by atoms with E-state index in [-0.39, 0.29) is 5.82 Å². The summed E-state index contributed by atoms with van der Waals surface area (Å²) in [6.45, 7) is 8.09. The number of rotatable bonds is 3. The van der Waals surface area contributed by atoms with Crippen LogP contribution < -0.4 is 4.90 Å². The second kappa shape index (κ2) is 5.97. The number of nitrogens with zero attached hydrogens (tertiary/aromatic N) is 3. The zero-order valence-corrected chi connectivity index (χ0v) is 12.5. The third kappa shape index (κ3) is 3.01. The van der Waals surface area contributed by atoms with Gasteiger partial charge in [-0.3, -0.25) is 4.90 Å². The molecule has 3 nitrogen and oxygen atoms in total. The minimum atomic E-state index is -0.249. The SMILES string of the molecule is CCC(C)N1CCN(c2ncc(Br)cc2F)CC1. The summed E-state index contributed by atoms with van der Waals surface area (Å²) in [5, 5.41) is 0. The van der Waals surface area contributed by atoms with E-state index in [2.05, 4.69) is 39.7 Å². The zero-order valence-electron chi connectivity index (χ0n) is 10.9. The number of pyridine rings is 1. The molecule has 18 heavy (non-hydrogen) atoms. The first-order valence-corrected chi connectivity index (χ1v) is 7.21. The number of anilines is 1. The highest BCUT2D eigenvalue weighted by molar-refractivity contribution is 9.10. The van der Waals surface area contributed by atoms with Crippen molar-refractivity contribution in [1.82, 2.24) is 9.88 Å². The summed E-state index contributed by atoms with van der Waals surface area (Å²) >= 11 is 3.23. The van der Waals surface area contributed by atoms with E-state index in [4.69, 9.17) is 0 Å². The normalized spacial score (nSPS) is 19.0. The zero-order chi connectivity index (χ0) is 13.1. The van der Waals surface area contributed by atoms with E-state index in [0.717, 1.165) is 32.6 Å². The molecule has 1 aliphatic rings. The highest BCUT2D eigenvalue weighted by Crippen LogP contribution is 2.21. The van der Waals surface area contributed by atoms with Gasteiger partial charge in [-0.2, -0.15) is 0 Å². The monoisotopic (exact) mass is 315 g/mol. The van der Waals surface area contributed by atoms with Gasteiger partial charge in [-0.25, -0.2) is 9.37 Å². The van der Waals surface area contributed by atoms with Crippen LogP contribution in [0.2, 0.25) is 0 Å². The Morgan fingerprint density at radius 3 is 2.61 bits per heavy atom. The van der Waals surface area contributed by atoms with Crippen LogP contribution in [0, 0.1) is 5.82 Å². The van der Waals surface area contributed by atoms with Gasteiger partial charge in [-0.05, 0) is 35.3 Å². The predicted molar refractivity (Wildman–Crippen MR) is 75.4 cm³/mol. The summed E-state index contributed by atoms with van der Waals surface area (Å²) in [5.41, 5.74) is 0. The molecule has 0 spiro atoms. The van der Waals surface area contributed by atoms with Crippen LogP contribution in [0.5, 0.6) is 0 Å². The Bertz CT molecular complexity index is 405. The van der Waals surface area contributed by atoms with Gasteiger partial charge in [0.05, 0.1) is 0 Å². The minimum Gasteiger partial charge on any atom is -0.352 e. The molecule has 0 bridgehead atoms. The van der Waals surface area contributed by atoms with Crippen molar-refractivity contribution < 1.29 is 4.39 Å². The Labute approximate surface area is 116 Å². The molecule has 2 rings (SSSR count). The van der Waals surface area contributed by atoms with Gasteiger partial charge in [-0.1, -0.05) is 6.92 Å². The summed E-state index contributed by atoms with van der Waals surface area (Å²) in [7, 11) is 0. The second-order valence-electron chi connectivity index (χ2n) is 4.74. The Balaban J connectivity index is 2.01. The summed E-state index contributed by atoms with van der Waals surface area (Å²) in [4.78, 5) is 8.66. The number of hydrogen-bond acceptors (Lipinski definition) is 3. The van der Waals surface area contributed by atoms with E-state index in [1.54, 1.807) is 6.20 Å². The fourth-order valence-corrected chi connectivity index (χ4v) is 2.58. The largest absolute Gasteiger partial charge is 0.352 e. The van der Waals surface area contributed by atoms with Gasteiger partial charge < -0.3 is 4.90 Å². The first-order valence-electron chi connectivity index (χ1n) is 6.42. The molecule has 100 valence electrons. The van der Waals surface area contributed by atoms with Crippen molar-refractivity contribution in [3.63, 3.8) is 0 Å². The van der Waals surface area contributed by atoms with Crippen molar-refractivity contribution in [2.24, 2.45) is 0 Å². The van der Waals surface area contributed by atoms with E-state index < -0.39 is 0 Å². The highest BCUT2D eigenvalue weighted by Gasteiger charge is 2.22. The van der Waals surface area contributed by atoms with Gasteiger partial charge >= 0.3 is 0 Å². The molecule has 1 aliphatic heterocycles. The number of aromatic nitrogens is 1. The number of piperazine rings is 1. The van der Waals surface area contributed by atoms with Crippen LogP contribution in [0.15, 0.2) is 16.7 Å². The van der Waals surface area contributed by atoms with E-state index in [9.17, 15) is 4.39 Å². The van der Waals surface area contributed by atoms with Crippen molar-refractivity contribution in [2.45, 2.75) is 26.3 Å². The Morgan fingerprint density at radius 1 is 1.39 bits per heavy atom. The first kappa shape index (κ1) is 13.7. The summed E-state index contributed by atoms with van der Waals surface area (Å²) in [6, 6.07) is 2.08. The van der Waals surface area contributed by atoms with Crippen LogP contribution in [-0.4, -0.2) is 42.1 Å². The standard InChI is InChI=1S/C13H19BrFN3/c1-3-10(2)17-4-6-18(7-5-17)13-12(15)8-11(14)9-16-13/h8-10H,3-7H2,1-2H3. The maximum Gasteiger partial charge on any atom is 0.166 e. The van der Waals surface area contributed by atoms with Crippen LogP contribution in [0.3, 0.4) is 0 Å². The molecule has 0 N–H and O–H groups in total. The lowest BCUT2D eigenvalue weighted by Crippen LogP contribution is -2.49. The average molecular weight is 316 g/mol. The van der Waals surface area contributed by atoms with Gasteiger partial charge in [0.15, 0.2) is 11.6 Å². The second-order valence-corrected chi connectivity index (χ2v) is 5.65. The fourth-order valence-electron chi connectivity index (χ4n) is 2.27. The molecule has 0 aliphatic carbocycles. The lowest BCUT2D eigenvalue weighted by atomic mass is 10.2. The quantitative estimate of drug-likeness (QED) is 0.855. The molecule has 1 aromatic rings. The predicted octanol–water partition coefficient (Wildman–Crippen LogP) is 2.90. The van der Waals surface area contributed by atoms with Gasteiger partial charge in [0.2, 0.25) is 0 Å². The maximum absolute atomic E-state index is 13.8. The van der Waals surface area contributed by atoms with Crippen molar-refractivity contribution in [1.29, 1.82) is 0 Å². The Hall–Kier alpha value is -0.680. The summed E-state index contributed by atoms with van der Waals surface area (Å²) in [6.07, 6.45) is 2.81. The van der Waals surface area contributed by atoms with Crippen LogP contribution in [0.1, 0.15) is 20.3 Å². The van der Waals surface area contributed by atoms with E-state index in [1.807, 2.05) is 4.90 Å². The summed E-state index contributed by atoms with van der Waals surface area (Å²) in [5.74, 6) is 0.225. The van der Waals surface area contributed by atoms with Crippen molar-refractivity contribution in [3.8, 4) is 0 Å². The third-order valence-corrected chi connectivity index (χ3v) is 4.05. The van der Waals surface area contributed by atoms with Crippen molar-refractivity contribution in [2.75, 3.05) is 31.1 Å². The molecular weight excluding hydrogens is 297 g/mol. The van der Waals surface area contributed by atoms with Crippen LogP contribution in [0.4, 0.5) is 10.2 Å². The molecule has 1 unspecified atom stereocenters. The smallest absolute Gasteiger partial charge is 0.166 e. The van der Waals surface area contributed by atoms with Gasteiger partial charge in [0.25, 0.3) is 0 Å². The molecule has 0 aromatic carbocycles. The molecule has 0 saturated carbocycles. The molecule has 2 heterocycles. The highest BCUT2D eigenvalue weighted by atomic mass is 79.9. The maximum atomic E-state index is 13.8. The number of halogens is 2. The Kier molecular flexibility index (Phi) is 4.56. The molecule has 0 amide bonds. The van der Waals surface area contributed by atoms with E-state index >= 15 is 0 Å². The van der Waals surface area contributed by atoms with Crippen LogP contribution in [0.25, 0.3) is 0 Å². The molecule has 5 heteroatoms. The van der Waals surface area contributed by atoms with Gasteiger partial charge in [-0.15, -0.1) is 0 Å². The van der Waals surface area contributed by atoms with E-state index in [0.29, 0.717) is 16.3 Å².